The maximum Gasteiger partial charge on any atom is 0.230 e. The Kier molecular flexibility index (Phi) is 4.41. The predicted molar refractivity (Wildman–Crippen MR) is 107 cm³/mol. The van der Waals surface area contributed by atoms with Crippen LogP contribution in [0.25, 0.3) is 0 Å². The van der Waals surface area contributed by atoms with Gasteiger partial charge in [-0.15, -0.1) is 0 Å². The number of halogens is 1. The van der Waals surface area contributed by atoms with E-state index in [0.29, 0.717) is 24.7 Å². The lowest BCUT2D eigenvalue weighted by molar-refractivity contribution is -0.137. The summed E-state index contributed by atoms with van der Waals surface area (Å²) in [6, 6.07) is 13.0. The van der Waals surface area contributed by atoms with E-state index < -0.39 is 17.4 Å². The minimum atomic E-state index is -0.726. The van der Waals surface area contributed by atoms with E-state index in [1.54, 1.807) is 11.1 Å². The van der Waals surface area contributed by atoms with E-state index in [0.717, 1.165) is 11.3 Å². The van der Waals surface area contributed by atoms with Gasteiger partial charge in [0.05, 0.1) is 36.7 Å². The quantitative estimate of drug-likeness (QED) is 0.769. The lowest BCUT2D eigenvalue weighted by atomic mass is 9.77. The molecule has 0 aliphatic carbocycles. The molecule has 2 fully saturated rings. The van der Waals surface area contributed by atoms with Crippen molar-refractivity contribution in [1.29, 1.82) is 0 Å². The van der Waals surface area contributed by atoms with Crippen molar-refractivity contribution in [3.63, 3.8) is 0 Å². The third kappa shape index (κ3) is 3.03. The molecule has 4 heterocycles. The van der Waals surface area contributed by atoms with E-state index in [1.807, 2.05) is 54.6 Å². The Morgan fingerprint density at radius 3 is 2.90 bits per heavy atom. The van der Waals surface area contributed by atoms with Crippen molar-refractivity contribution in [3.8, 4) is 0 Å². The number of fused-ring (bicyclic) bond motifs is 1. The fourth-order valence-electron chi connectivity index (χ4n) is 4.64. The molecule has 0 saturated carbocycles. The van der Waals surface area contributed by atoms with Crippen LogP contribution in [0, 0.1) is 11.8 Å². The van der Waals surface area contributed by atoms with Crippen LogP contribution in [0.2, 0.25) is 5.02 Å². The summed E-state index contributed by atoms with van der Waals surface area (Å²) in [5, 5.41) is 3.55. The Balaban J connectivity index is 1.34. The molecular weight excluding hydrogens is 390 g/mol. The maximum atomic E-state index is 13.3. The number of carbonyl (C=O) groups is 2. The van der Waals surface area contributed by atoms with Crippen molar-refractivity contribution in [1.82, 2.24) is 15.2 Å². The van der Waals surface area contributed by atoms with Gasteiger partial charge in [-0.05, 0) is 23.8 Å². The third-order valence-corrected chi connectivity index (χ3v) is 6.34. The molecule has 4 unspecified atom stereocenters. The van der Waals surface area contributed by atoms with E-state index in [1.165, 1.54) is 0 Å². The van der Waals surface area contributed by atoms with Crippen molar-refractivity contribution in [2.24, 2.45) is 11.8 Å². The van der Waals surface area contributed by atoms with Crippen LogP contribution in [0.15, 0.2) is 60.8 Å². The van der Waals surface area contributed by atoms with E-state index in [2.05, 4.69) is 10.3 Å². The number of nitrogens with one attached hydrogen (secondary N) is 1. The van der Waals surface area contributed by atoms with E-state index >= 15 is 0 Å². The number of likely N-dealkylation sites (tertiary alicyclic amines) is 1. The number of ether oxygens (including phenoxy) is 1. The molecule has 7 heteroatoms. The fraction of sp³-hybridized carbons (Fsp3) is 0.318. The molecular formula is C22H20ClN3O3. The lowest BCUT2D eigenvalue weighted by Gasteiger charge is -2.23. The molecule has 2 saturated heterocycles. The standard InChI is InChI=1S/C22H20ClN3O3/c23-16-7-2-1-5-14(16)12-26-13-22-9-8-17(29-22)18(19(22)21(26)28)20(27)25-11-15-6-3-4-10-24-15/h1-10,17-19H,11-13H2,(H,25,27). The Bertz CT molecular complexity index is 996. The van der Waals surface area contributed by atoms with Crippen molar-refractivity contribution >= 4 is 23.4 Å². The highest BCUT2D eigenvalue weighted by Gasteiger charge is 2.66. The number of aromatic nitrogens is 1. The molecule has 148 valence electrons. The molecule has 3 aliphatic rings. The number of hydrogen-bond donors (Lipinski definition) is 1. The molecule has 2 bridgehead atoms. The fourth-order valence-corrected chi connectivity index (χ4v) is 4.84. The summed E-state index contributed by atoms with van der Waals surface area (Å²) in [5.41, 5.74) is 0.928. The zero-order valence-corrected chi connectivity index (χ0v) is 16.4. The highest BCUT2D eigenvalue weighted by atomic mass is 35.5. The van der Waals surface area contributed by atoms with Crippen LogP contribution in [0.5, 0.6) is 0 Å². The van der Waals surface area contributed by atoms with Crippen LogP contribution >= 0.6 is 11.6 Å². The summed E-state index contributed by atoms with van der Waals surface area (Å²) in [7, 11) is 0. The second-order valence-corrected chi connectivity index (χ2v) is 8.13. The molecule has 0 radical (unpaired) electrons. The van der Waals surface area contributed by atoms with Gasteiger partial charge in [0, 0.05) is 17.8 Å². The highest BCUT2D eigenvalue weighted by molar-refractivity contribution is 6.31. The first-order valence-electron chi connectivity index (χ1n) is 9.64. The molecule has 29 heavy (non-hydrogen) atoms. The second kappa shape index (κ2) is 6.97. The first-order chi connectivity index (χ1) is 14.1. The van der Waals surface area contributed by atoms with Crippen molar-refractivity contribution in [2.75, 3.05) is 6.54 Å². The zero-order valence-electron chi connectivity index (χ0n) is 15.6. The number of pyridine rings is 1. The maximum absolute atomic E-state index is 13.3. The molecule has 1 aromatic carbocycles. The number of hydrogen-bond acceptors (Lipinski definition) is 4. The number of rotatable bonds is 5. The first-order valence-corrected chi connectivity index (χ1v) is 10.0. The molecule has 6 nitrogen and oxygen atoms in total. The van der Waals surface area contributed by atoms with Gasteiger partial charge in [-0.2, -0.15) is 0 Å². The summed E-state index contributed by atoms with van der Waals surface area (Å²) in [4.78, 5) is 32.2. The van der Waals surface area contributed by atoms with Crippen LogP contribution in [-0.2, 0) is 27.4 Å². The SMILES string of the molecule is O=C(NCc1ccccn1)C1C2C=CC3(CN(Cc4ccccc4Cl)C(=O)C13)O2. The van der Waals surface area contributed by atoms with E-state index in [4.69, 9.17) is 16.3 Å². The Morgan fingerprint density at radius 2 is 2.10 bits per heavy atom. The average Bonchev–Trinajstić information content (AvgIpc) is 3.37. The Hall–Kier alpha value is -2.70. The third-order valence-electron chi connectivity index (χ3n) is 5.97. The number of benzene rings is 1. The molecule has 1 spiro atoms. The number of amides is 2. The molecule has 4 atom stereocenters. The van der Waals surface area contributed by atoms with Gasteiger partial charge in [0.1, 0.15) is 5.60 Å². The topological polar surface area (TPSA) is 71.5 Å². The molecule has 2 aromatic rings. The molecule has 3 aliphatic heterocycles. The van der Waals surface area contributed by atoms with Gasteiger partial charge in [0.25, 0.3) is 0 Å². The van der Waals surface area contributed by atoms with Crippen LogP contribution < -0.4 is 5.32 Å². The minimum Gasteiger partial charge on any atom is -0.360 e. The van der Waals surface area contributed by atoms with Crippen LogP contribution in [0.1, 0.15) is 11.3 Å². The smallest absolute Gasteiger partial charge is 0.230 e. The van der Waals surface area contributed by atoms with E-state index in [9.17, 15) is 9.59 Å². The van der Waals surface area contributed by atoms with Gasteiger partial charge < -0.3 is 15.0 Å². The van der Waals surface area contributed by atoms with Crippen LogP contribution in [0.3, 0.4) is 0 Å². The first kappa shape index (κ1) is 18.3. The number of nitrogens with zero attached hydrogens (tertiary/aromatic N) is 2. The molecule has 5 rings (SSSR count). The van der Waals surface area contributed by atoms with Crippen LogP contribution in [-0.4, -0.2) is 39.9 Å². The normalized spacial score (nSPS) is 29.3. The van der Waals surface area contributed by atoms with Gasteiger partial charge in [-0.3, -0.25) is 14.6 Å². The minimum absolute atomic E-state index is 0.0604. The van der Waals surface area contributed by atoms with Crippen molar-refractivity contribution < 1.29 is 14.3 Å². The summed E-state index contributed by atoms with van der Waals surface area (Å²) < 4.78 is 6.16. The largest absolute Gasteiger partial charge is 0.360 e. The molecule has 2 amide bonds. The monoisotopic (exact) mass is 409 g/mol. The second-order valence-electron chi connectivity index (χ2n) is 7.72. The lowest BCUT2D eigenvalue weighted by Crippen LogP contribution is -2.44. The summed E-state index contributed by atoms with van der Waals surface area (Å²) in [6.07, 6.45) is 5.19. The molecule has 1 N–H and O–H groups in total. The van der Waals surface area contributed by atoms with Crippen molar-refractivity contribution in [2.45, 2.75) is 24.8 Å². The average molecular weight is 410 g/mol. The highest BCUT2D eigenvalue weighted by Crippen LogP contribution is 2.52. The predicted octanol–water partition coefficient (Wildman–Crippen LogP) is 2.33. The Morgan fingerprint density at radius 1 is 1.28 bits per heavy atom. The van der Waals surface area contributed by atoms with E-state index in [-0.39, 0.29) is 17.9 Å². The van der Waals surface area contributed by atoms with Crippen LogP contribution in [0.4, 0.5) is 0 Å². The van der Waals surface area contributed by atoms with Crippen molar-refractivity contribution in [3.05, 3.63) is 77.1 Å². The molecule has 1 aromatic heterocycles. The Labute approximate surface area is 173 Å². The van der Waals surface area contributed by atoms with Gasteiger partial charge in [-0.1, -0.05) is 48.0 Å². The summed E-state index contributed by atoms with van der Waals surface area (Å²) >= 11 is 6.27. The number of carbonyl (C=O) groups excluding carboxylic acids is 2. The summed E-state index contributed by atoms with van der Waals surface area (Å²) in [6.45, 7) is 1.16. The van der Waals surface area contributed by atoms with Gasteiger partial charge in [-0.25, -0.2) is 0 Å². The zero-order chi connectivity index (χ0) is 20.0. The van der Waals surface area contributed by atoms with Gasteiger partial charge in [0.15, 0.2) is 0 Å². The summed E-state index contributed by atoms with van der Waals surface area (Å²) in [5.74, 6) is -1.28. The van der Waals surface area contributed by atoms with Gasteiger partial charge >= 0.3 is 0 Å². The van der Waals surface area contributed by atoms with Gasteiger partial charge in [0.2, 0.25) is 11.8 Å².